The molecule has 0 aliphatic rings. The fraction of sp³-hybridized carbons (Fsp3) is 0.0909. The van der Waals surface area contributed by atoms with Crippen molar-refractivity contribution in [1.82, 2.24) is 0 Å². The number of ether oxygens (including phenoxy) is 1. The molecule has 0 aliphatic heterocycles. The van der Waals surface area contributed by atoms with Gasteiger partial charge in [-0.15, -0.1) is 0 Å². The van der Waals surface area contributed by atoms with Gasteiger partial charge in [0.05, 0.1) is 12.8 Å². The molecule has 0 fully saturated rings. The van der Waals surface area contributed by atoms with Crippen molar-refractivity contribution in [3.05, 3.63) is 89.0 Å². The summed E-state index contributed by atoms with van der Waals surface area (Å²) in [4.78, 5) is 24.7. The third-order valence-corrected chi connectivity index (χ3v) is 4.21. The first kappa shape index (κ1) is 20.0. The van der Waals surface area contributed by atoms with Gasteiger partial charge in [0.25, 0.3) is 11.8 Å². The first-order chi connectivity index (χ1) is 13.9. The van der Waals surface area contributed by atoms with Crippen molar-refractivity contribution < 1.29 is 23.1 Å². The van der Waals surface area contributed by atoms with Crippen molar-refractivity contribution in [2.24, 2.45) is 0 Å². The number of para-hydroxylation sites is 1. The zero-order valence-electron chi connectivity index (χ0n) is 15.8. The van der Waals surface area contributed by atoms with Gasteiger partial charge in [0.1, 0.15) is 23.1 Å². The van der Waals surface area contributed by atoms with E-state index in [1.54, 1.807) is 12.1 Å². The normalized spacial score (nSPS) is 10.3. The van der Waals surface area contributed by atoms with Gasteiger partial charge in [0, 0.05) is 11.1 Å². The molecule has 0 saturated heterocycles. The minimum atomic E-state index is -0.874. The maximum absolute atomic E-state index is 13.7. The van der Waals surface area contributed by atoms with Crippen molar-refractivity contribution >= 4 is 23.2 Å². The largest absolute Gasteiger partial charge is 0.495 e. The maximum atomic E-state index is 13.7. The molecular formula is C22H18F2N2O3. The number of benzene rings is 3. The molecule has 3 rings (SSSR count). The average Bonchev–Trinajstić information content (AvgIpc) is 2.71. The Balaban J connectivity index is 1.74. The number of carbonyl (C=O) groups excluding carboxylic acids is 2. The van der Waals surface area contributed by atoms with Crippen LogP contribution in [0.3, 0.4) is 0 Å². The molecule has 2 N–H and O–H groups in total. The summed E-state index contributed by atoms with van der Waals surface area (Å²) in [6, 6.07) is 14.4. The number of rotatable bonds is 5. The Morgan fingerprint density at radius 1 is 0.828 bits per heavy atom. The van der Waals surface area contributed by atoms with Crippen LogP contribution in [0.2, 0.25) is 0 Å². The van der Waals surface area contributed by atoms with E-state index in [2.05, 4.69) is 10.6 Å². The van der Waals surface area contributed by atoms with Gasteiger partial charge in [-0.2, -0.15) is 0 Å². The van der Waals surface area contributed by atoms with Gasteiger partial charge in [-0.3, -0.25) is 9.59 Å². The van der Waals surface area contributed by atoms with E-state index in [1.807, 2.05) is 13.0 Å². The van der Waals surface area contributed by atoms with Gasteiger partial charge in [0.15, 0.2) is 0 Å². The summed E-state index contributed by atoms with van der Waals surface area (Å²) < 4.78 is 32.6. The Kier molecular flexibility index (Phi) is 5.87. The highest BCUT2D eigenvalue weighted by molar-refractivity contribution is 6.07. The molecule has 0 atom stereocenters. The number of halogens is 2. The summed E-state index contributed by atoms with van der Waals surface area (Å²) in [6.07, 6.45) is 0. The average molecular weight is 396 g/mol. The highest BCUT2D eigenvalue weighted by atomic mass is 19.1. The fourth-order valence-corrected chi connectivity index (χ4v) is 2.69. The lowest BCUT2D eigenvalue weighted by Gasteiger charge is -2.11. The molecule has 5 nitrogen and oxygen atoms in total. The van der Waals surface area contributed by atoms with Crippen LogP contribution in [0.1, 0.15) is 26.3 Å². The number of anilines is 2. The Hall–Kier alpha value is -3.74. The minimum absolute atomic E-state index is 0.150. The molecule has 0 aliphatic carbocycles. The second-order valence-corrected chi connectivity index (χ2v) is 6.29. The molecule has 29 heavy (non-hydrogen) atoms. The number of aryl methyl sites for hydroxylation is 1. The smallest absolute Gasteiger partial charge is 0.255 e. The van der Waals surface area contributed by atoms with Crippen LogP contribution < -0.4 is 15.4 Å². The van der Waals surface area contributed by atoms with Crippen molar-refractivity contribution in [2.75, 3.05) is 17.7 Å². The van der Waals surface area contributed by atoms with Crippen LogP contribution in [-0.2, 0) is 0 Å². The first-order valence-electron chi connectivity index (χ1n) is 8.70. The highest BCUT2D eigenvalue weighted by Crippen LogP contribution is 2.26. The number of carbonyl (C=O) groups is 2. The van der Waals surface area contributed by atoms with E-state index in [0.29, 0.717) is 17.0 Å². The van der Waals surface area contributed by atoms with E-state index in [1.165, 1.54) is 37.4 Å². The van der Waals surface area contributed by atoms with Gasteiger partial charge in [-0.25, -0.2) is 8.78 Å². The van der Waals surface area contributed by atoms with Crippen LogP contribution >= 0.6 is 0 Å². The number of amides is 2. The van der Waals surface area contributed by atoms with Crippen molar-refractivity contribution in [3.63, 3.8) is 0 Å². The molecule has 0 saturated carbocycles. The van der Waals surface area contributed by atoms with Crippen LogP contribution in [0.4, 0.5) is 20.2 Å². The Morgan fingerprint density at radius 2 is 1.38 bits per heavy atom. The molecule has 0 spiro atoms. The molecule has 3 aromatic rings. The fourth-order valence-electron chi connectivity index (χ4n) is 2.69. The van der Waals surface area contributed by atoms with Gasteiger partial charge >= 0.3 is 0 Å². The molecular weight excluding hydrogens is 378 g/mol. The number of hydrogen-bond donors (Lipinski definition) is 2. The zero-order chi connectivity index (χ0) is 21.0. The summed E-state index contributed by atoms with van der Waals surface area (Å²) in [5, 5.41) is 4.96. The minimum Gasteiger partial charge on any atom is -0.495 e. The first-order valence-corrected chi connectivity index (χ1v) is 8.70. The monoisotopic (exact) mass is 396 g/mol. The summed E-state index contributed by atoms with van der Waals surface area (Å²) in [5.74, 6) is -2.31. The van der Waals surface area contributed by atoms with Crippen LogP contribution in [0.5, 0.6) is 5.75 Å². The summed E-state index contributed by atoms with van der Waals surface area (Å²) in [5.41, 5.74) is 1.41. The maximum Gasteiger partial charge on any atom is 0.255 e. The van der Waals surface area contributed by atoms with Crippen molar-refractivity contribution in [2.45, 2.75) is 6.92 Å². The van der Waals surface area contributed by atoms with Gasteiger partial charge in [0.2, 0.25) is 0 Å². The number of nitrogens with one attached hydrogen (secondary N) is 2. The quantitative estimate of drug-likeness (QED) is 0.652. The van der Waals surface area contributed by atoms with Crippen LogP contribution in [-0.4, -0.2) is 18.9 Å². The Bertz CT molecular complexity index is 1050. The number of hydrogen-bond acceptors (Lipinski definition) is 3. The lowest BCUT2D eigenvalue weighted by atomic mass is 10.1. The van der Waals surface area contributed by atoms with E-state index >= 15 is 0 Å². The Labute approximate surface area is 166 Å². The zero-order valence-corrected chi connectivity index (χ0v) is 15.8. The summed E-state index contributed by atoms with van der Waals surface area (Å²) >= 11 is 0. The molecule has 148 valence electrons. The van der Waals surface area contributed by atoms with Gasteiger partial charge in [-0.1, -0.05) is 12.1 Å². The van der Waals surface area contributed by atoms with Crippen molar-refractivity contribution in [3.8, 4) is 5.75 Å². The van der Waals surface area contributed by atoms with E-state index in [0.717, 1.165) is 17.7 Å². The van der Waals surface area contributed by atoms with E-state index < -0.39 is 23.2 Å². The SMILES string of the molecule is COc1ccc(C)cc1NC(=O)c1ccc(C(=O)Nc2c(F)cccc2F)cc1. The second-order valence-electron chi connectivity index (χ2n) is 6.29. The van der Waals surface area contributed by atoms with Crippen LogP contribution in [0.25, 0.3) is 0 Å². The molecule has 0 bridgehead atoms. The molecule has 7 heteroatoms. The van der Waals surface area contributed by atoms with E-state index in [9.17, 15) is 18.4 Å². The molecule has 0 heterocycles. The molecule has 0 unspecified atom stereocenters. The van der Waals surface area contributed by atoms with Crippen molar-refractivity contribution in [1.29, 1.82) is 0 Å². The molecule has 0 aromatic heterocycles. The van der Waals surface area contributed by atoms with Gasteiger partial charge < -0.3 is 15.4 Å². The topological polar surface area (TPSA) is 67.4 Å². The molecule has 0 radical (unpaired) electrons. The predicted molar refractivity (Wildman–Crippen MR) is 106 cm³/mol. The molecule has 2 amide bonds. The van der Waals surface area contributed by atoms with Crippen LogP contribution in [0, 0.1) is 18.6 Å². The van der Waals surface area contributed by atoms with Crippen LogP contribution in [0.15, 0.2) is 60.7 Å². The Morgan fingerprint density at radius 3 is 1.93 bits per heavy atom. The third-order valence-electron chi connectivity index (χ3n) is 4.21. The van der Waals surface area contributed by atoms with E-state index in [4.69, 9.17) is 4.74 Å². The van der Waals surface area contributed by atoms with Gasteiger partial charge in [-0.05, 0) is 61.0 Å². The highest BCUT2D eigenvalue weighted by Gasteiger charge is 2.15. The standard InChI is InChI=1S/C22H18F2N2O3/c1-13-6-11-19(29-2)18(12-13)25-21(27)14-7-9-15(10-8-14)22(28)26-20-16(23)4-3-5-17(20)24/h3-12H,1-2H3,(H,25,27)(H,26,28). The van der Waals surface area contributed by atoms with E-state index in [-0.39, 0.29) is 11.5 Å². The second kappa shape index (κ2) is 8.52. The summed E-state index contributed by atoms with van der Waals surface area (Å²) in [7, 11) is 1.51. The predicted octanol–water partition coefficient (Wildman–Crippen LogP) is 4.79. The lowest BCUT2D eigenvalue weighted by Crippen LogP contribution is -2.16. The molecule has 3 aromatic carbocycles. The summed E-state index contributed by atoms with van der Waals surface area (Å²) in [6.45, 7) is 1.89. The number of methoxy groups -OCH3 is 1. The third kappa shape index (κ3) is 4.57. The lowest BCUT2D eigenvalue weighted by molar-refractivity contribution is 0.101.